The lowest BCUT2D eigenvalue weighted by Crippen LogP contribution is -2.10. The molecule has 0 aliphatic heterocycles. The van der Waals surface area contributed by atoms with Crippen molar-refractivity contribution in [3.05, 3.63) is 243 Å². The highest BCUT2D eigenvalue weighted by atomic mass is 32.1. The van der Waals surface area contributed by atoms with Crippen molar-refractivity contribution in [1.82, 2.24) is 4.98 Å². The van der Waals surface area contributed by atoms with Crippen LogP contribution in [0, 0.1) is 0 Å². The SMILES string of the molecule is c1ccc(-c2ccc(-c3ccc(N(c4ccc(-c5ccc6sc7ccc8nc(-c9ccccc9)sc8c7c6c5)cc4)c4cccc(-c5ccc(-c6ccccc6)cc5)c4)cc3)cc2)cc1. The Morgan fingerprint density at radius 3 is 1.25 bits per heavy atom. The van der Waals surface area contributed by atoms with E-state index in [1.807, 2.05) is 11.3 Å². The maximum atomic E-state index is 5.07. The number of anilines is 3. The van der Waals surface area contributed by atoms with Gasteiger partial charge in [-0.1, -0.05) is 182 Å². The summed E-state index contributed by atoms with van der Waals surface area (Å²) in [6, 6.07) is 87.7. The van der Waals surface area contributed by atoms with Crippen LogP contribution < -0.4 is 4.90 Å². The minimum Gasteiger partial charge on any atom is -0.310 e. The van der Waals surface area contributed by atoms with Crippen LogP contribution in [0.25, 0.3) is 96.6 Å². The lowest BCUT2D eigenvalue weighted by molar-refractivity contribution is 1.28. The van der Waals surface area contributed by atoms with Gasteiger partial charge < -0.3 is 4.90 Å². The van der Waals surface area contributed by atoms with Crippen molar-refractivity contribution in [2.75, 3.05) is 4.90 Å². The largest absolute Gasteiger partial charge is 0.310 e. The first-order valence-corrected chi connectivity index (χ1v) is 23.6. The molecule has 2 heterocycles. The third-order valence-electron chi connectivity index (χ3n) is 12.3. The predicted octanol–water partition coefficient (Wildman–Crippen LogP) is 18.1. The molecule has 0 aliphatic carbocycles. The molecule has 0 aliphatic rings. The molecule has 0 saturated heterocycles. The zero-order valence-corrected chi connectivity index (χ0v) is 36.9. The van der Waals surface area contributed by atoms with Gasteiger partial charge in [-0.05, 0) is 116 Å². The molecule has 0 bridgehead atoms. The van der Waals surface area contributed by atoms with Crippen molar-refractivity contribution in [3.8, 4) is 66.2 Å². The Hall–Kier alpha value is -7.89. The number of thiazole rings is 1. The number of fused-ring (bicyclic) bond motifs is 5. The number of rotatable bonds is 9. The fraction of sp³-hybridized carbons (Fsp3) is 0. The summed E-state index contributed by atoms with van der Waals surface area (Å²) in [6.45, 7) is 0. The van der Waals surface area contributed by atoms with Gasteiger partial charge in [0.05, 0.1) is 10.2 Å². The smallest absolute Gasteiger partial charge is 0.124 e. The Kier molecular flexibility index (Phi) is 9.94. The summed E-state index contributed by atoms with van der Waals surface area (Å²) in [7, 11) is 0. The van der Waals surface area contributed by atoms with Crippen molar-refractivity contribution in [1.29, 1.82) is 0 Å². The van der Waals surface area contributed by atoms with Crippen LogP contribution in [-0.4, -0.2) is 4.98 Å². The topological polar surface area (TPSA) is 16.1 Å². The molecule has 12 aromatic rings. The van der Waals surface area contributed by atoms with Crippen LogP contribution in [0.1, 0.15) is 0 Å². The molecule has 2 aromatic heterocycles. The van der Waals surface area contributed by atoms with Gasteiger partial charge in [0.15, 0.2) is 0 Å². The van der Waals surface area contributed by atoms with Crippen molar-refractivity contribution in [3.63, 3.8) is 0 Å². The maximum absolute atomic E-state index is 5.07. The Morgan fingerprint density at radius 2 is 0.708 bits per heavy atom. The van der Waals surface area contributed by atoms with E-state index < -0.39 is 0 Å². The van der Waals surface area contributed by atoms with Gasteiger partial charge in [-0.15, -0.1) is 22.7 Å². The molecule has 10 aromatic carbocycles. The number of thiophene rings is 1. The molecule has 0 atom stereocenters. The van der Waals surface area contributed by atoms with Crippen LogP contribution in [0.2, 0.25) is 0 Å². The zero-order valence-electron chi connectivity index (χ0n) is 35.3. The Morgan fingerprint density at radius 1 is 0.292 bits per heavy atom. The van der Waals surface area contributed by atoms with E-state index in [0.29, 0.717) is 0 Å². The monoisotopic (exact) mass is 864 g/mol. The first kappa shape index (κ1) is 38.8. The molecule has 4 heteroatoms. The average molecular weight is 865 g/mol. The normalized spacial score (nSPS) is 11.4. The minimum absolute atomic E-state index is 1.05. The molecule has 0 amide bonds. The lowest BCUT2D eigenvalue weighted by atomic mass is 9.99. The molecular weight excluding hydrogens is 825 g/mol. The first-order chi connectivity index (χ1) is 32.2. The van der Waals surface area contributed by atoms with Crippen LogP contribution in [0.3, 0.4) is 0 Å². The van der Waals surface area contributed by atoms with E-state index in [2.05, 4.69) is 248 Å². The van der Waals surface area contributed by atoms with Crippen LogP contribution in [0.15, 0.2) is 243 Å². The van der Waals surface area contributed by atoms with E-state index in [1.54, 1.807) is 11.3 Å². The molecule has 0 spiro atoms. The molecule has 12 rings (SSSR count). The molecular formula is C61H40N2S2. The summed E-state index contributed by atoms with van der Waals surface area (Å²) in [5, 5.41) is 3.64. The number of hydrogen-bond donors (Lipinski definition) is 0. The number of hydrogen-bond acceptors (Lipinski definition) is 4. The Balaban J connectivity index is 0.904. The van der Waals surface area contributed by atoms with Crippen LogP contribution in [0.5, 0.6) is 0 Å². The Bertz CT molecular complexity index is 3600. The van der Waals surface area contributed by atoms with Crippen molar-refractivity contribution in [2.24, 2.45) is 0 Å². The van der Waals surface area contributed by atoms with Crippen molar-refractivity contribution in [2.45, 2.75) is 0 Å². The summed E-state index contributed by atoms with van der Waals surface area (Å²) >= 11 is 3.65. The molecule has 0 radical (unpaired) electrons. The number of nitrogens with zero attached hydrogens (tertiary/aromatic N) is 2. The fourth-order valence-corrected chi connectivity index (χ4v) is 11.3. The lowest BCUT2D eigenvalue weighted by Gasteiger charge is -2.26. The summed E-state index contributed by atoms with van der Waals surface area (Å²) in [4.78, 5) is 7.44. The molecule has 0 saturated carbocycles. The van der Waals surface area contributed by atoms with Gasteiger partial charge in [-0.25, -0.2) is 4.98 Å². The van der Waals surface area contributed by atoms with Gasteiger partial charge in [0, 0.05) is 42.8 Å². The van der Waals surface area contributed by atoms with E-state index in [0.717, 1.165) is 33.1 Å². The van der Waals surface area contributed by atoms with Crippen LogP contribution in [-0.2, 0) is 0 Å². The molecule has 0 N–H and O–H groups in total. The highest BCUT2D eigenvalue weighted by Gasteiger charge is 2.17. The standard InChI is InChI=1S/C61H40N2S2/c1-4-11-41(12-5-1)43-19-21-45(22-20-43)46-27-32-52(33-28-46)63(54-18-10-17-50(39-54)47-25-23-44(24-26-47)42-13-6-2-7-14-42)53-34-29-48(30-35-53)51-31-37-57-55(40-51)59-58(64-57)38-36-56-60(59)65-61(62-56)49-15-8-3-9-16-49/h1-40H. The Labute approximate surface area is 386 Å². The second kappa shape index (κ2) is 16.7. The minimum atomic E-state index is 1.05. The third kappa shape index (κ3) is 7.49. The van der Waals surface area contributed by atoms with Crippen molar-refractivity contribution >= 4 is 70.1 Å². The number of aromatic nitrogens is 1. The average Bonchev–Trinajstić information content (AvgIpc) is 4.00. The zero-order chi connectivity index (χ0) is 43.1. The predicted molar refractivity (Wildman–Crippen MR) is 280 cm³/mol. The van der Waals surface area contributed by atoms with Crippen LogP contribution >= 0.6 is 22.7 Å². The number of benzene rings is 10. The van der Waals surface area contributed by atoms with E-state index in [9.17, 15) is 0 Å². The second-order valence-corrected chi connectivity index (χ2v) is 18.4. The van der Waals surface area contributed by atoms with E-state index in [4.69, 9.17) is 4.98 Å². The highest BCUT2D eigenvalue weighted by Crippen LogP contribution is 2.44. The molecule has 65 heavy (non-hydrogen) atoms. The second-order valence-electron chi connectivity index (χ2n) is 16.4. The molecule has 0 unspecified atom stereocenters. The first-order valence-electron chi connectivity index (χ1n) is 21.9. The van der Waals surface area contributed by atoms with Crippen molar-refractivity contribution < 1.29 is 0 Å². The van der Waals surface area contributed by atoms with E-state index >= 15 is 0 Å². The van der Waals surface area contributed by atoms with Gasteiger partial charge in [0.2, 0.25) is 0 Å². The molecule has 306 valence electrons. The van der Waals surface area contributed by atoms with E-state index in [1.165, 1.54) is 80.5 Å². The van der Waals surface area contributed by atoms with Gasteiger partial charge >= 0.3 is 0 Å². The van der Waals surface area contributed by atoms with Gasteiger partial charge in [0.25, 0.3) is 0 Å². The summed E-state index contributed by atoms with van der Waals surface area (Å²) < 4.78 is 3.84. The quantitative estimate of drug-likeness (QED) is 0.144. The third-order valence-corrected chi connectivity index (χ3v) is 14.6. The van der Waals surface area contributed by atoms with Gasteiger partial charge in [0.1, 0.15) is 5.01 Å². The summed E-state index contributed by atoms with van der Waals surface area (Å²) in [6.07, 6.45) is 0. The summed E-state index contributed by atoms with van der Waals surface area (Å²) in [5.41, 5.74) is 17.5. The van der Waals surface area contributed by atoms with Gasteiger partial charge in [-0.3, -0.25) is 0 Å². The van der Waals surface area contributed by atoms with Gasteiger partial charge in [-0.2, -0.15) is 0 Å². The maximum Gasteiger partial charge on any atom is 0.124 e. The van der Waals surface area contributed by atoms with Crippen LogP contribution in [0.4, 0.5) is 17.1 Å². The molecule has 0 fully saturated rings. The van der Waals surface area contributed by atoms with E-state index in [-0.39, 0.29) is 0 Å². The fourth-order valence-electron chi connectivity index (χ4n) is 8.98. The summed E-state index contributed by atoms with van der Waals surface area (Å²) in [5.74, 6) is 0. The molecule has 2 nitrogen and oxygen atoms in total. The highest BCUT2D eigenvalue weighted by molar-refractivity contribution is 7.28.